The Hall–Kier alpha value is -3.07. The van der Waals surface area contributed by atoms with Crippen LogP contribution in [-0.2, 0) is 27.9 Å². The van der Waals surface area contributed by atoms with Crippen molar-refractivity contribution in [1.29, 1.82) is 0 Å². The summed E-state index contributed by atoms with van der Waals surface area (Å²) in [6, 6.07) is -0.859. The number of hydrogen-bond donors (Lipinski definition) is 2. The summed E-state index contributed by atoms with van der Waals surface area (Å²) in [5, 5.41) is 3.07. The van der Waals surface area contributed by atoms with Gasteiger partial charge in [0.15, 0.2) is 0 Å². The van der Waals surface area contributed by atoms with Crippen molar-refractivity contribution in [1.82, 2.24) is 5.32 Å². The lowest BCUT2D eigenvalue weighted by Crippen LogP contribution is -2.47. The van der Waals surface area contributed by atoms with Gasteiger partial charge in [-0.1, -0.05) is 305 Å². The van der Waals surface area contributed by atoms with E-state index in [-0.39, 0.29) is 31.5 Å². The first-order valence-electron chi connectivity index (χ1n) is 36.6. The van der Waals surface area contributed by atoms with E-state index in [9.17, 15) is 19.0 Å². The van der Waals surface area contributed by atoms with E-state index in [1.807, 2.05) is 33.3 Å². The average Bonchev–Trinajstić information content (AvgIpc) is 3.70. The zero-order chi connectivity index (χ0) is 63.5. The molecule has 87 heavy (non-hydrogen) atoms. The smallest absolute Gasteiger partial charge is 0.456 e. The third-order valence-corrected chi connectivity index (χ3v) is 17.0. The van der Waals surface area contributed by atoms with Crippen molar-refractivity contribution >= 4 is 19.7 Å². The van der Waals surface area contributed by atoms with Gasteiger partial charge in [-0.3, -0.25) is 18.6 Å². The Bertz CT molecular complexity index is 1810. The van der Waals surface area contributed by atoms with Crippen LogP contribution in [0.15, 0.2) is 97.2 Å². The Morgan fingerprint density at radius 2 is 0.736 bits per heavy atom. The summed E-state index contributed by atoms with van der Waals surface area (Å²) >= 11 is 0. The van der Waals surface area contributed by atoms with Gasteiger partial charge >= 0.3 is 13.8 Å². The third kappa shape index (κ3) is 67.2. The van der Waals surface area contributed by atoms with Gasteiger partial charge in [-0.2, -0.15) is 0 Å². The Morgan fingerprint density at radius 1 is 0.414 bits per heavy atom. The second-order valence-corrected chi connectivity index (χ2v) is 27.2. The van der Waals surface area contributed by atoms with Crippen molar-refractivity contribution in [3.63, 3.8) is 0 Å². The van der Waals surface area contributed by atoms with E-state index in [1.165, 1.54) is 186 Å². The first kappa shape index (κ1) is 83.9. The number of ether oxygens (including phenoxy) is 1. The van der Waals surface area contributed by atoms with Crippen molar-refractivity contribution < 1.29 is 37.3 Å². The summed E-state index contributed by atoms with van der Waals surface area (Å²) in [7, 11) is 1.49. The Labute approximate surface area is 538 Å². The molecule has 0 aromatic rings. The average molecular weight is 1240 g/mol. The first-order chi connectivity index (χ1) is 42.4. The number of phosphoric ester groups is 1. The maximum atomic E-state index is 13.6. The molecule has 0 saturated carbocycles. The van der Waals surface area contributed by atoms with E-state index in [2.05, 4.69) is 111 Å². The minimum Gasteiger partial charge on any atom is -0.456 e. The van der Waals surface area contributed by atoms with Crippen molar-refractivity contribution in [2.24, 2.45) is 0 Å². The zero-order valence-corrected chi connectivity index (χ0v) is 58.6. The van der Waals surface area contributed by atoms with Gasteiger partial charge in [0, 0.05) is 12.8 Å². The van der Waals surface area contributed by atoms with Crippen molar-refractivity contribution in [3.05, 3.63) is 97.2 Å². The fourth-order valence-electron chi connectivity index (χ4n) is 10.4. The molecule has 0 saturated heterocycles. The lowest BCUT2D eigenvalue weighted by molar-refractivity contribution is -0.870. The van der Waals surface area contributed by atoms with Gasteiger partial charge in [-0.05, 0) is 109 Å². The molecule has 0 fully saturated rings. The highest BCUT2D eigenvalue weighted by Crippen LogP contribution is 2.43. The van der Waals surface area contributed by atoms with E-state index in [1.54, 1.807) is 0 Å². The molecule has 10 heteroatoms. The fraction of sp³-hybridized carbons (Fsp3) is 0.766. The van der Waals surface area contributed by atoms with Crippen LogP contribution in [0.2, 0.25) is 0 Å². The predicted molar refractivity (Wildman–Crippen MR) is 378 cm³/mol. The monoisotopic (exact) mass is 1240 g/mol. The summed E-state index contributed by atoms with van der Waals surface area (Å²) in [6.07, 6.45) is 89.9. The number of nitrogens with zero attached hydrogens (tertiary/aromatic N) is 1. The molecule has 0 radical (unpaired) electrons. The number of likely N-dealkylation sites (N-methyl/N-ethyl adjacent to an activating group) is 1. The number of unbranched alkanes of at least 4 members (excludes halogenated alkanes) is 36. The number of nitrogens with one attached hydrogen (secondary N) is 1. The molecule has 3 atom stereocenters. The lowest BCUT2D eigenvalue weighted by Gasteiger charge is -2.27. The fourth-order valence-corrected chi connectivity index (χ4v) is 11.1. The minimum atomic E-state index is -4.46. The van der Waals surface area contributed by atoms with Gasteiger partial charge < -0.3 is 19.4 Å². The number of hydrogen-bond acceptors (Lipinski definition) is 6. The molecule has 0 aliphatic carbocycles. The lowest BCUT2D eigenvalue weighted by atomic mass is 10.0. The zero-order valence-electron chi connectivity index (χ0n) is 57.7. The molecule has 0 bridgehead atoms. The van der Waals surface area contributed by atoms with Crippen LogP contribution in [0.25, 0.3) is 0 Å². The highest BCUT2D eigenvalue weighted by molar-refractivity contribution is 7.47. The van der Waals surface area contributed by atoms with E-state index in [4.69, 9.17) is 13.8 Å². The number of phosphoric acid groups is 1. The number of allylic oxidation sites excluding steroid dienone is 15. The summed E-state index contributed by atoms with van der Waals surface area (Å²) in [5.41, 5.74) is 0. The molecule has 0 aliphatic rings. The molecule has 0 heterocycles. The Kier molecular flexibility index (Phi) is 63.5. The van der Waals surface area contributed by atoms with Crippen LogP contribution < -0.4 is 5.32 Å². The van der Waals surface area contributed by atoms with Gasteiger partial charge in [-0.25, -0.2) is 4.57 Å². The molecule has 0 aromatic heterocycles. The topological polar surface area (TPSA) is 111 Å². The predicted octanol–water partition coefficient (Wildman–Crippen LogP) is 23.5. The highest BCUT2D eigenvalue weighted by atomic mass is 31.2. The second kappa shape index (κ2) is 65.9. The molecule has 0 spiro atoms. The second-order valence-electron chi connectivity index (χ2n) is 25.7. The SMILES string of the molecule is CC/C=C\C/C=C\C/C=C\C/C=C\C/C=C\CCCCCCCCCC(=O)OC(/C=C/CCCCCCCCCCCCC)C(COP(=O)(O)OCC[N+](C)(C)C)NC(=O)CCCCCCCCCCCCCCCCC/C=C\C/C=C\CCCCC. The molecule has 0 rings (SSSR count). The maximum absolute atomic E-state index is 13.6. The van der Waals surface area contributed by atoms with Crippen molar-refractivity contribution in [2.75, 3.05) is 40.9 Å². The van der Waals surface area contributed by atoms with E-state index in [0.717, 1.165) is 109 Å². The molecule has 9 nitrogen and oxygen atoms in total. The van der Waals surface area contributed by atoms with Gasteiger partial charge in [0.25, 0.3) is 0 Å². The Morgan fingerprint density at radius 3 is 1.13 bits per heavy atom. The van der Waals surface area contributed by atoms with Gasteiger partial charge in [-0.15, -0.1) is 0 Å². The van der Waals surface area contributed by atoms with Gasteiger partial charge in [0.05, 0.1) is 33.8 Å². The van der Waals surface area contributed by atoms with E-state index >= 15 is 0 Å². The maximum Gasteiger partial charge on any atom is 0.472 e. The van der Waals surface area contributed by atoms with E-state index in [0.29, 0.717) is 17.4 Å². The molecular weight excluding hydrogens is 1100 g/mol. The molecule has 2 N–H and O–H groups in total. The van der Waals surface area contributed by atoms with Crippen molar-refractivity contribution in [2.45, 2.75) is 341 Å². The number of esters is 1. The largest absolute Gasteiger partial charge is 0.472 e. The van der Waals surface area contributed by atoms with Crippen LogP contribution in [0.3, 0.4) is 0 Å². The van der Waals surface area contributed by atoms with Crippen LogP contribution in [0.4, 0.5) is 0 Å². The standard InChI is InChI=1S/C77H139N2O7P/c1-7-10-13-16-19-22-25-28-30-32-34-36-38-39-41-42-44-46-48-51-54-57-60-63-66-69-76(80)78-74(73-85-87(82,83)84-72-71-79(4,5)6)75(68-65-62-59-56-53-50-27-24-21-18-15-12-9-3)86-77(81)70-67-64-61-58-55-52-49-47-45-43-40-37-35-33-31-29-26-23-20-17-14-11-8-2/h11,14,19-20,22-23,28-31,35,37,43,45,65,68,74-75H,7-10,12-13,15-18,21,24-27,32-34,36,38-42,44,46-64,66-67,69-73H2,1-6H3,(H-,78,80,82,83)/p+1/b14-11-,22-19-,23-20-,30-28-,31-29-,37-35-,45-43-,68-65+. The van der Waals surface area contributed by atoms with Crippen LogP contribution in [0.5, 0.6) is 0 Å². The van der Waals surface area contributed by atoms with Gasteiger partial charge in [0.2, 0.25) is 5.91 Å². The number of rotatable bonds is 66. The van der Waals surface area contributed by atoms with Crippen LogP contribution in [-0.4, -0.2) is 74.3 Å². The number of amides is 1. The summed E-state index contributed by atoms with van der Waals surface area (Å²) < 4.78 is 30.9. The molecule has 504 valence electrons. The summed E-state index contributed by atoms with van der Waals surface area (Å²) in [6.45, 7) is 6.90. The molecule has 0 aliphatic heterocycles. The van der Waals surface area contributed by atoms with Crippen LogP contribution >= 0.6 is 7.82 Å². The number of carbonyl (C=O) groups excluding carboxylic acids is 2. The van der Waals surface area contributed by atoms with Crippen molar-refractivity contribution in [3.8, 4) is 0 Å². The Balaban J connectivity index is 5.09. The summed E-state index contributed by atoms with van der Waals surface area (Å²) in [5.74, 6) is -0.511. The quantitative estimate of drug-likeness (QED) is 0.0205. The summed E-state index contributed by atoms with van der Waals surface area (Å²) in [4.78, 5) is 38.0. The van der Waals surface area contributed by atoms with E-state index < -0.39 is 20.0 Å². The molecular formula is C77H140N2O7P+. The van der Waals surface area contributed by atoms with Crippen LogP contribution in [0, 0.1) is 0 Å². The minimum absolute atomic E-state index is 0.0354. The number of carbonyl (C=O) groups is 2. The third-order valence-electron chi connectivity index (χ3n) is 16.0. The van der Waals surface area contributed by atoms with Gasteiger partial charge in [0.1, 0.15) is 19.3 Å². The number of quaternary nitrogens is 1. The highest BCUT2D eigenvalue weighted by Gasteiger charge is 2.30. The van der Waals surface area contributed by atoms with Crippen LogP contribution in [0.1, 0.15) is 329 Å². The normalized spacial score (nSPS) is 14.1. The molecule has 1 amide bonds. The molecule has 0 aromatic carbocycles. The molecule has 3 unspecified atom stereocenters. The first-order valence-corrected chi connectivity index (χ1v) is 38.1.